The Morgan fingerprint density at radius 1 is 1.37 bits per heavy atom. The van der Waals surface area contributed by atoms with Crippen molar-refractivity contribution in [2.45, 2.75) is 57.9 Å². The average Bonchev–Trinajstić information content (AvgIpc) is 2.43. The van der Waals surface area contributed by atoms with Crippen molar-refractivity contribution in [1.82, 2.24) is 10.6 Å². The molecular formula is C14H26N2O3. The molecule has 1 rings (SSSR count). The number of rotatable bonds is 7. The van der Waals surface area contributed by atoms with Gasteiger partial charge in [-0.15, -0.1) is 0 Å². The second-order valence-corrected chi connectivity index (χ2v) is 5.39. The topological polar surface area (TPSA) is 78.4 Å². The van der Waals surface area contributed by atoms with Crippen LogP contribution < -0.4 is 10.6 Å². The number of piperidine rings is 1. The van der Waals surface area contributed by atoms with E-state index in [9.17, 15) is 14.7 Å². The molecular weight excluding hydrogens is 244 g/mol. The lowest BCUT2D eigenvalue weighted by Crippen LogP contribution is -2.53. The van der Waals surface area contributed by atoms with Gasteiger partial charge in [0.25, 0.3) is 0 Å². The molecule has 1 fully saturated rings. The van der Waals surface area contributed by atoms with Gasteiger partial charge >= 0.3 is 5.97 Å². The summed E-state index contributed by atoms with van der Waals surface area (Å²) in [5, 5.41) is 15.3. The van der Waals surface area contributed by atoms with E-state index in [0.717, 1.165) is 32.4 Å². The summed E-state index contributed by atoms with van der Waals surface area (Å²) < 4.78 is 0. The smallest absolute Gasteiger partial charge is 0.329 e. The van der Waals surface area contributed by atoms with E-state index in [0.29, 0.717) is 25.2 Å². The zero-order valence-electron chi connectivity index (χ0n) is 12.0. The lowest BCUT2D eigenvalue weighted by molar-refractivity contribution is -0.148. The van der Waals surface area contributed by atoms with Gasteiger partial charge in [0.1, 0.15) is 5.54 Å². The first kappa shape index (κ1) is 16.0. The summed E-state index contributed by atoms with van der Waals surface area (Å²) in [6, 6.07) is 0. The van der Waals surface area contributed by atoms with Crippen molar-refractivity contribution in [2.24, 2.45) is 5.92 Å². The fourth-order valence-electron chi connectivity index (χ4n) is 2.62. The largest absolute Gasteiger partial charge is 0.480 e. The molecule has 1 aliphatic heterocycles. The first-order chi connectivity index (χ1) is 9.04. The van der Waals surface area contributed by atoms with Crippen molar-refractivity contribution < 1.29 is 14.7 Å². The lowest BCUT2D eigenvalue weighted by Gasteiger charge is -2.28. The summed E-state index contributed by atoms with van der Waals surface area (Å²) in [6.07, 6.45) is 4.40. The van der Waals surface area contributed by atoms with E-state index >= 15 is 0 Å². The van der Waals surface area contributed by atoms with Gasteiger partial charge in [-0.1, -0.05) is 13.8 Å². The van der Waals surface area contributed by atoms with Crippen LogP contribution >= 0.6 is 0 Å². The number of hydrogen-bond donors (Lipinski definition) is 3. The van der Waals surface area contributed by atoms with E-state index in [4.69, 9.17) is 0 Å². The Hall–Kier alpha value is -1.10. The van der Waals surface area contributed by atoms with Crippen molar-refractivity contribution in [3.8, 4) is 0 Å². The maximum Gasteiger partial charge on any atom is 0.329 e. The Labute approximate surface area is 115 Å². The molecule has 0 radical (unpaired) electrons. The zero-order chi connectivity index (χ0) is 14.3. The van der Waals surface area contributed by atoms with Gasteiger partial charge in [0.2, 0.25) is 5.91 Å². The standard InChI is InChI=1S/C14H26N2O3/c1-3-14(4-2,13(18)19)16-12(17)8-7-11-6-5-9-15-10-11/h11,15H,3-10H2,1-2H3,(H,16,17)(H,18,19). The van der Waals surface area contributed by atoms with Gasteiger partial charge in [0, 0.05) is 6.42 Å². The minimum atomic E-state index is -1.10. The molecule has 5 nitrogen and oxygen atoms in total. The van der Waals surface area contributed by atoms with E-state index in [1.807, 2.05) is 0 Å². The molecule has 0 aromatic heterocycles. The predicted octanol–water partition coefficient (Wildman–Crippen LogP) is 1.53. The van der Waals surface area contributed by atoms with Gasteiger partial charge in [-0.3, -0.25) is 4.79 Å². The van der Waals surface area contributed by atoms with Crippen LogP contribution in [0.5, 0.6) is 0 Å². The molecule has 1 heterocycles. The van der Waals surface area contributed by atoms with E-state index in [1.165, 1.54) is 0 Å². The van der Waals surface area contributed by atoms with E-state index in [2.05, 4.69) is 10.6 Å². The van der Waals surface area contributed by atoms with Gasteiger partial charge in [-0.05, 0) is 51.1 Å². The van der Waals surface area contributed by atoms with Crippen LogP contribution in [0.3, 0.4) is 0 Å². The Morgan fingerprint density at radius 2 is 2.05 bits per heavy atom. The first-order valence-electron chi connectivity index (χ1n) is 7.29. The second kappa shape index (κ2) is 7.48. The van der Waals surface area contributed by atoms with Gasteiger partial charge in [-0.25, -0.2) is 4.79 Å². The maximum atomic E-state index is 11.9. The van der Waals surface area contributed by atoms with Crippen LogP contribution in [-0.4, -0.2) is 35.6 Å². The fraction of sp³-hybridized carbons (Fsp3) is 0.857. The third-order valence-electron chi connectivity index (χ3n) is 4.17. The summed E-state index contributed by atoms with van der Waals surface area (Å²) >= 11 is 0. The van der Waals surface area contributed by atoms with Crippen molar-refractivity contribution in [1.29, 1.82) is 0 Å². The minimum Gasteiger partial charge on any atom is -0.480 e. The first-order valence-corrected chi connectivity index (χ1v) is 7.29. The second-order valence-electron chi connectivity index (χ2n) is 5.39. The number of carboxylic acids is 1. The molecule has 0 aliphatic carbocycles. The molecule has 0 bridgehead atoms. The molecule has 110 valence electrons. The molecule has 1 saturated heterocycles. The molecule has 1 unspecified atom stereocenters. The quantitative estimate of drug-likeness (QED) is 0.655. The Balaban J connectivity index is 2.42. The van der Waals surface area contributed by atoms with Crippen LogP contribution in [0.15, 0.2) is 0 Å². The normalized spacial score (nSPS) is 20.0. The third-order valence-corrected chi connectivity index (χ3v) is 4.17. The summed E-state index contributed by atoms with van der Waals surface area (Å²) in [7, 11) is 0. The van der Waals surface area contributed by atoms with Crippen molar-refractivity contribution in [3.63, 3.8) is 0 Å². The van der Waals surface area contributed by atoms with Gasteiger partial charge < -0.3 is 15.7 Å². The molecule has 5 heteroatoms. The Morgan fingerprint density at radius 3 is 2.53 bits per heavy atom. The number of amides is 1. The highest BCUT2D eigenvalue weighted by Gasteiger charge is 2.36. The lowest BCUT2D eigenvalue weighted by atomic mass is 9.91. The fourth-order valence-corrected chi connectivity index (χ4v) is 2.62. The van der Waals surface area contributed by atoms with Gasteiger partial charge in [0.15, 0.2) is 0 Å². The number of carbonyl (C=O) groups is 2. The van der Waals surface area contributed by atoms with Crippen LogP contribution in [0.2, 0.25) is 0 Å². The summed E-state index contributed by atoms with van der Waals surface area (Å²) in [5.41, 5.74) is -1.10. The average molecular weight is 270 g/mol. The van der Waals surface area contributed by atoms with Crippen LogP contribution in [-0.2, 0) is 9.59 Å². The Kier molecular flexibility index (Phi) is 6.28. The highest BCUT2D eigenvalue weighted by Crippen LogP contribution is 2.18. The number of carboxylic acid groups (broad SMARTS) is 1. The van der Waals surface area contributed by atoms with E-state index < -0.39 is 11.5 Å². The molecule has 1 aliphatic rings. The van der Waals surface area contributed by atoms with Gasteiger partial charge in [-0.2, -0.15) is 0 Å². The summed E-state index contributed by atoms with van der Waals surface area (Å²) in [5.74, 6) is -0.538. The molecule has 0 aromatic carbocycles. The maximum absolute atomic E-state index is 11.9. The zero-order valence-corrected chi connectivity index (χ0v) is 12.0. The number of hydrogen-bond acceptors (Lipinski definition) is 3. The third kappa shape index (κ3) is 4.49. The molecule has 1 amide bonds. The molecule has 3 N–H and O–H groups in total. The molecule has 0 spiro atoms. The molecule has 0 saturated carbocycles. The van der Waals surface area contributed by atoms with Crippen molar-refractivity contribution in [3.05, 3.63) is 0 Å². The summed E-state index contributed by atoms with van der Waals surface area (Å²) in [6.45, 7) is 5.63. The SMILES string of the molecule is CCC(CC)(NC(=O)CCC1CCCNC1)C(=O)O. The van der Waals surface area contributed by atoms with Crippen LogP contribution in [0.25, 0.3) is 0 Å². The Bertz CT molecular complexity index is 308. The summed E-state index contributed by atoms with van der Waals surface area (Å²) in [4.78, 5) is 23.2. The highest BCUT2D eigenvalue weighted by molar-refractivity contribution is 5.86. The van der Waals surface area contributed by atoms with Crippen molar-refractivity contribution >= 4 is 11.9 Å². The minimum absolute atomic E-state index is 0.142. The molecule has 19 heavy (non-hydrogen) atoms. The molecule has 1 atom stereocenters. The number of carbonyl (C=O) groups excluding carboxylic acids is 1. The predicted molar refractivity (Wildman–Crippen MR) is 73.9 cm³/mol. The van der Waals surface area contributed by atoms with Gasteiger partial charge in [0.05, 0.1) is 0 Å². The monoisotopic (exact) mass is 270 g/mol. The number of nitrogens with one attached hydrogen (secondary N) is 2. The van der Waals surface area contributed by atoms with Crippen LogP contribution in [0.1, 0.15) is 52.4 Å². The molecule has 0 aromatic rings. The van der Waals surface area contributed by atoms with E-state index in [-0.39, 0.29) is 5.91 Å². The van der Waals surface area contributed by atoms with Crippen LogP contribution in [0.4, 0.5) is 0 Å². The van der Waals surface area contributed by atoms with Crippen molar-refractivity contribution in [2.75, 3.05) is 13.1 Å². The van der Waals surface area contributed by atoms with E-state index in [1.54, 1.807) is 13.8 Å². The van der Waals surface area contributed by atoms with Crippen LogP contribution in [0, 0.1) is 5.92 Å². The number of aliphatic carboxylic acids is 1. The highest BCUT2D eigenvalue weighted by atomic mass is 16.4.